The summed E-state index contributed by atoms with van der Waals surface area (Å²) in [6.07, 6.45) is 6.09. The predicted octanol–water partition coefficient (Wildman–Crippen LogP) is 3.75. The average Bonchev–Trinajstić information content (AvgIpc) is 2.97. The molecule has 0 radical (unpaired) electrons. The summed E-state index contributed by atoms with van der Waals surface area (Å²) in [6.45, 7) is 4.62. The van der Waals surface area contributed by atoms with Gasteiger partial charge in [-0.05, 0) is 18.4 Å². The van der Waals surface area contributed by atoms with Gasteiger partial charge in [-0.25, -0.2) is 4.79 Å². The van der Waals surface area contributed by atoms with Gasteiger partial charge in [-0.1, -0.05) is 49.2 Å². The molecule has 1 aliphatic rings. The van der Waals surface area contributed by atoms with Crippen molar-refractivity contribution in [2.45, 2.75) is 38.3 Å². The highest BCUT2D eigenvalue weighted by molar-refractivity contribution is 5.68. The van der Waals surface area contributed by atoms with Gasteiger partial charge in [-0.2, -0.15) is 0 Å². The van der Waals surface area contributed by atoms with Crippen molar-refractivity contribution in [3.63, 3.8) is 0 Å². The number of ether oxygens (including phenoxy) is 1. The van der Waals surface area contributed by atoms with Crippen LogP contribution in [0.5, 0.6) is 0 Å². The molecule has 0 aliphatic heterocycles. The van der Waals surface area contributed by atoms with E-state index in [4.69, 9.17) is 4.74 Å². The van der Waals surface area contributed by atoms with Crippen molar-refractivity contribution in [1.82, 2.24) is 4.90 Å². The summed E-state index contributed by atoms with van der Waals surface area (Å²) in [6, 6.07) is 10.1. The molecule has 3 nitrogen and oxygen atoms in total. The Labute approximate surface area is 114 Å². The fourth-order valence-electron chi connectivity index (χ4n) is 2.53. The van der Waals surface area contributed by atoms with Gasteiger partial charge < -0.3 is 9.64 Å². The van der Waals surface area contributed by atoms with Crippen molar-refractivity contribution in [2.24, 2.45) is 0 Å². The van der Waals surface area contributed by atoms with Gasteiger partial charge in [0.2, 0.25) is 0 Å². The third kappa shape index (κ3) is 3.85. The number of hydrogen-bond donors (Lipinski definition) is 0. The maximum atomic E-state index is 12.1. The van der Waals surface area contributed by atoms with E-state index in [0.29, 0.717) is 19.2 Å². The molecule has 0 unspecified atom stereocenters. The van der Waals surface area contributed by atoms with Gasteiger partial charge in [0.1, 0.15) is 6.61 Å². The topological polar surface area (TPSA) is 29.5 Å². The monoisotopic (exact) mass is 259 g/mol. The lowest BCUT2D eigenvalue weighted by atomic mass is 10.2. The Kier molecular flexibility index (Phi) is 5.01. The Morgan fingerprint density at radius 3 is 2.63 bits per heavy atom. The van der Waals surface area contributed by atoms with Crippen LogP contribution < -0.4 is 0 Å². The van der Waals surface area contributed by atoms with Gasteiger partial charge in [0.15, 0.2) is 0 Å². The quantitative estimate of drug-likeness (QED) is 0.754. The van der Waals surface area contributed by atoms with E-state index in [1.165, 1.54) is 12.8 Å². The first-order valence-electron chi connectivity index (χ1n) is 6.89. The summed E-state index contributed by atoms with van der Waals surface area (Å²) >= 11 is 0. The summed E-state index contributed by atoms with van der Waals surface area (Å²) in [5, 5.41) is 0. The number of benzene rings is 1. The first kappa shape index (κ1) is 13.7. The van der Waals surface area contributed by atoms with E-state index in [1.807, 2.05) is 35.2 Å². The van der Waals surface area contributed by atoms with Gasteiger partial charge >= 0.3 is 6.09 Å². The number of rotatable bonds is 5. The van der Waals surface area contributed by atoms with E-state index in [0.717, 1.165) is 18.4 Å². The fourth-order valence-corrected chi connectivity index (χ4v) is 2.53. The third-order valence-corrected chi connectivity index (χ3v) is 3.53. The van der Waals surface area contributed by atoms with Crippen molar-refractivity contribution in [2.75, 3.05) is 6.54 Å². The molecule has 2 rings (SSSR count). The summed E-state index contributed by atoms with van der Waals surface area (Å²) in [5.41, 5.74) is 1.01. The normalized spacial score (nSPS) is 15.2. The van der Waals surface area contributed by atoms with Crippen LogP contribution >= 0.6 is 0 Å². The van der Waals surface area contributed by atoms with Crippen LogP contribution in [0, 0.1) is 0 Å². The van der Waals surface area contributed by atoms with Crippen LogP contribution in [0.3, 0.4) is 0 Å². The standard InChI is InChI=1S/C16H21NO2/c1-2-12-17(15-10-6-7-11-15)16(18)19-13-14-8-4-3-5-9-14/h2-5,8-9,15H,1,6-7,10-13H2. The lowest BCUT2D eigenvalue weighted by Crippen LogP contribution is -2.39. The van der Waals surface area contributed by atoms with Gasteiger partial charge in [-0.3, -0.25) is 0 Å². The highest BCUT2D eigenvalue weighted by Crippen LogP contribution is 2.24. The number of amides is 1. The second kappa shape index (κ2) is 6.98. The second-order valence-electron chi connectivity index (χ2n) is 4.92. The summed E-state index contributed by atoms with van der Waals surface area (Å²) < 4.78 is 5.39. The molecule has 0 heterocycles. The van der Waals surface area contributed by atoms with Gasteiger partial charge in [-0.15, -0.1) is 6.58 Å². The van der Waals surface area contributed by atoms with Crippen LogP contribution in [0.15, 0.2) is 43.0 Å². The molecule has 0 atom stereocenters. The summed E-state index contributed by atoms with van der Waals surface area (Å²) in [4.78, 5) is 14.0. The van der Waals surface area contributed by atoms with Crippen LogP contribution in [0.2, 0.25) is 0 Å². The highest BCUT2D eigenvalue weighted by atomic mass is 16.6. The Morgan fingerprint density at radius 2 is 2.00 bits per heavy atom. The molecule has 1 amide bonds. The van der Waals surface area contributed by atoms with E-state index >= 15 is 0 Å². The first-order chi connectivity index (χ1) is 9.31. The molecule has 1 aromatic carbocycles. The molecule has 0 aromatic heterocycles. The van der Waals surface area contributed by atoms with Crippen molar-refractivity contribution in [1.29, 1.82) is 0 Å². The van der Waals surface area contributed by atoms with Gasteiger partial charge in [0.05, 0.1) is 0 Å². The Hall–Kier alpha value is -1.77. The number of carbonyl (C=O) groups is 1. The molecular weight excluding hydrogens is 238 g/mol. The number of carbonyl (C=O) groups excluding carboxylic acids is 1. The van der Waals surface area contributed by atoms with Crippen LogP contribution in [0.1, 0.15) is 31.2 Å². The summed E-state index contributed by atoms with van der Waals surface area (Å²) in [7, 11) is 0. The van der Waals surface area contributed by atoms with Crippen LogP contribution in [-0.2, 0) is 11.3 Å². The zero-order valence-corrected chi connectivity index (χ0v) is 11.3. The minimum Gasteiger partial charge on any atom is -0.445 e. The molecule has 0 saturated heterocycles. The van der Waals surface area contributed by atoms with E-state index < -0.39 is 0 Å². The SMILES string of the molecule is C=CCN(C(=O)OCc1ccccc1)C1CCCC1. The van der Waals surface area contributed by atoms with E-state index in [2.05, 4.69) is 6.58 Å². The van der Waals surface area contributed by atoms with Crippen molar-refractivity contribution < 1.29 is 9.53 Å². The molecular formula is C16H21NO2. The highest BCUT2D eigenvalue weighted by Gasteiger charge is 2.26. The molecule has 1 fully saturated rings. The molecule has 0 spiro atoms. The van der Waals surface area contributed by atoms with E-state index in [1.54, 1.807) is 6.08 Å². The van der Waals surface area contributed by atoms with E-state index in [-0.39, 0.29) is 6.09 Å². The lowest BCUT2D eigenvalue weighted by Gasteiger charge is -2.26. The van der Waals surface area contributed by atoms with Gasteiger partial charge in [0.25, 0.3) is 0 Å². The molecule has 3 heteroatoms. The minimum absolute atomic E-state index is 0.226. The van der Waals surface area contributed by atoms with Crippen molar-refractivity contribution in [3.05, 3.63) is 48.6 Å². The molecule has 19 heavy (non-hydrogen) atoms. The average molecular weight is 259 g/mol. The molecule has 0 bridgehead atoms. The second-order valence-corrected chi connectivity index (χ2v) is 4.92. The zero-order valence-electron chi connectivity index (χ0n) is 11.3. The maximum absolute atomic E-state index is 12.1. The smallest absolute Gasteiger partial charge is 0.410 e. The molecule has 0 N–H and O–H groups in total. The third-order valence-electron chi connectivity index (χ3n) is 3.53. The Morgan fingerprint density at radius 1 is 1.32 bits per heavy atom. The van der Waals surface area contributed by atoms with E-state index in [9.17, 15) is 4.79 Å². The summed E-state index contributed by atoms with van der Waals surface area (Å²) in [5.74, 6) is 0. The van der Waals surface area contributed by atoms with Crippen LogP contribution in [0.25, 0.3) is 0 Å². The zero-order chi connectivity index (χ0) is 13.5. The Bertz CT molecular complexity index is 410. The molecule has 1 aliphatic carbocycles. The van der Waals surface area contributed by atoms with Crippen molar-refractivity contribution in [3.8, 4) is 0 Å². The predicted molar refractivity (Wildman–Crippen MR) is 75.8 cm³/mol. The number of hydrogen-bond acceptors (Lipinski definition) is 2. The molecule has 102 valence electrons. The fraction of sp³-hybridized carbons (Fsp3) is 0.438. The van der Waals surface area contributed by atoms with Crippen molar-refractivity contribution >= 4 is 6.09 Å². The largest absolute Gasteiger partial charge is 0.445 e. The Balaban J connectivity index is 1.90. The van der Waals surface area contributed by atoms with Crippen LogP contribution in [-0.4, -0.2) is 23.6 Å². The minimum atomic E-state index is -0.226. The van der Waals surface area contributed by atoms with Crippen LogP contribution in [0.4, 0.5) is 4.79 Å². The maximum Gasteiger partial charge on any atom is 0.410 e. The molecule has 1 aromatic rings. The van der Waals surface area contributed by atoms with Gasteiger partial charge in [0, 0.05) is 12.6 Å². The lowest BCUT2D eigenvalue weighted by molar-refractivity contribution is 0.0860. The number of nitrogens with zero attached hydrogens (tertiary/aromatic N) is 1. The first-order valence-corrected chi connectivity index (χ1v) is 6.89. The molecule has 1 saturated carbocycles.